The number of carbonyl (C=O) groups is 2. The lowest BCUT2D eigenvalue weighted by atomic mass is 10.1. The zero-order valence-electron chi connectivity index (χ0n) is 11.1. The van der Waals surface area contributed by atoms with Gasteiger partial charge in [0.2, 0.25) is 6.79 Å². The van der Waals surface area contributed by atoms with Crippen molar-refractivity contribution in [3.05, 3.63) is 48.0 Å². The standard InChI is InChI=1S/C15H18O4/c1-3-6-12-7-5-8-13(9-12)10-15(17)19-11-18-14(16)4-2/h3,5,7-9H,1,4,6,10-11H2,2H3. The Morgan fingerprint density at radius 2 is 1.89 bits per heavy atom. The van der Waals surface area contributed by atoms with E-state index in [0.29, 0.717) is 0 Å². The van der Waals surface area contributed by atoms with Crippen LogP contribution in [-0.2, 0) is 31.9 Å². The second kappa shape index (κ2) is 8.08. The fraction of sp³-hybridized carbons (Fsp3) is 0.333. The molecule has 0 radical (unpaired) electrons. The minimum atomic E-state index is -0.417. The van der Waals surface area contributed by atoms with Gasteiger partial charge in [0.25, 0.3) is 0 Å². The minimum Gasteiger partial charge on any atom is -0.428 e. The highest BCUT2D eigenvalue weighted by Crippen LogP contribution is 2.08. The Labute approximate surface area is 113 Å². The van der Waals surface area contributed by atoms with Crippen LogP contribution in [0, 0.1) is 0 Å². The summed E-state index contributed by atoms with van der Waals surface area (Å²) in [7, 11) is 0. The number of benzene rings is 1. The lowest BCUT2D eigenvalue weighted by Crippen LogP contribution is -2.13. The number of esters is 2. The quantitative estimate of drug-likeness (QED) is 0.430. The SMILES string of the molecule is C=CCc1cccc(CC(=O)OCOC(=O)CC)c1. The van der Waals surface area contributed by atoms with Crippen molar-refractivity contribution in [2.24, 2.45) is 0 Å². The Morgan fingerprint density at radius 1 is 1.21 bits per heavy atom. The third-order valence-electron chi connectivity index (χ3n) is 2.45. The highest BCUT2D eigenvalue weighted by Gasteiger charge is 2.06. The van der Waals surface area contributed by atoms with Crippen molar-refractivity contribution < 1.29 is 19.1 Å². The van der Waals surface area contributed by atoms with Gasteiger partial charge in [0.1, 0.15) is 0 Å². The van der Waals surface area contributed by atoms with Crippen LogP contribution in [0.1, 0.15) is 24.5 Å². The first kappa shape index (κ1) is 15.0. The molecule has 1 aromatic rings. The molecule has 102 valence electrons. The van der Waals surface area contributed by atoms with E-state index in [9.17, 15) is 9.59 Å². The lowest BCUT2D eigenvalue weighted by molar-refractivity contribution is -0.166. The van der Waals surface area contributed by atoms with Crippen LogP contribution in [0.3, 0.4) is 0 Å². The molecule has 0 amide bonds. The molecule has 19 heavy (non-hydrogen) atoms. The summed E-state index contributed by atoms with van der Waals surface area (Å²) in [6.45, 7) is 5.03. The van der Waals surface area contributed by atoms with E-state index >= 15 is 0 Å². The fourth-order valence-electron chi connectivity index (χ4n) is 1.51. The molecule has 0 aromatic heterocycles. The third-order valence-corrected chi connectivity index (χ3v) is 2.45. The summed E-state index contributed by atoms with van der Waals surface area (Å²) >= 11 is 0. The second-order valence-corrected chi connectivity index (χ2v) is 3.99. The molecule has 0 spiro atoms. The van der Waals surface area contributed by atoms with Gasteiger partial charge in [-0.3, -0.25) is 9.59 Å². The fourth-order valence-corrected chi connectivity index (χ4v) is 1.51. The summed E-state index contributed by atoms with van der Waals surface area (Å²) in [5, 5.41) is 0. The number of allylic oxidation sites excluding steroid dienone is 1. The van der Waals surface area contributed by atoms with Crippen LogP contribution in [0.2, 0.25) is 0 Å². The van der Waals surface area contributed by atoms with E-state index in [1.54, 1.807) is 6.92 Å². The monoisotopic (exact) mass is 262 g/mol. The molecule has 0 saturated carbocycles. The molecule has 4 nitrogen and oxygen atoms in total. The van der Waals surface area contributed by atoms with Crippen molar-refractivity contribution in [1.29, 1.82) is 0 Å². The van der Waals surface area contributed by atoms with Gasteiger partial charge in [-0.15, -0.1) is 6.58 Å². The van der Waals surface area contributed by atoms with E-state index in [2.05, 4.69) is 11.3 Å². The van der Waals surface area contributed by atoms with E-state index < -0.39 is 5.97 Å². The first-order valence-corrected chi connectivity index (χ1v) is 6.15. The van der Waals surface area contributed by atoms with Gasteiger partial charge in [0.05, 0.1) is 6.42 Å². The third kappa shape index (κ3) is 5.86. The zero-order valence-corrected chi connectivity index (χ0v) is 11.1. The summed E-state index contributed by atoms with van der Waals surface area (Å²) in [4.78, 5) is 22.4. The largest absolute Gasteiger partial charge is 0.428 e. The Balaban J connectivity index is 2.41. The van der Waals surface area contributed by atoms with Crippen molar-refractivity contribution in [1.82, 2.24) is 0 Å². The van der Waals surface area contributed by atoms with Crippen LogP contribution in [0.5, 0.6) is 0 Å². The smallest absolute Gasteiger partial charge is 0.313 e. The van der Waals surface area contributed by atoms with Crippen LogP contribution in [-0.4, -0.2) is 18.7 Å². The maximum Gasteiger partial charge on any atom is 0.313 e. The normalized spacial score (nSPS) is 9.74. The zero-order chi connectivity index (χ0) is 14.1. The van der Waals surface area contributed by atoms with E-state index in [1.165, 1.54) is 0 Å². The minimum absolute atomic E-state index is 0.161. The van der Waals surface area contributed by atoms with Crippen LogP contribution in [0.25, 0.3) is 0 Å². The highest BCUT2D eigenvalue weighted by molar-refractivity contribution is 5.73. The molecule has 4 heteroatoms. The highest BCUT2D eigenvalue weighted by atomic mass is 16.7. The molecular formula is C15H18O4. The van der Waals surface area contributed by atoms with Gasteiger partial charge in [-0.2, -0.15) is 0 Å². The Morgan fingerprint density at radius 3 is 2.58 bits per heavy atom. The molecule has 1 aromatic carbocycles. The maximum atomic E-state index is 11.5. The lowest BCUT2D eigenvalue weighted by Gasteiger charge is -2.06. The van der Waals surface area contributed by atoms with Crippen LogP contribution >= 0.6 is 0 Å². The number of hydrogen-bond acceptors (Lipinski definition) is 4. The van der Waals surface area contributed by atoms with E-state index in [-0.39, 0.29) is 25.6 Å². The average molecular weight is 262 g/mol. The molecule has 0 fully saturated rings. The van der Waals surface area contributed by atoms with Crippen LogP contribution < -0.4 is 0 Å². The first-order chi connectivity index (χ1) is 9.15. The van der Waals surface area contributed by atoms with Crippen molar-refractivity contribution in [3.8, 4) is 0 Å². The van der Waals surface area contributed by atoms with Crippen molar-refractivity contribution in [3.63, 3.8) is 0 Å². The molecule has 0 N–H and O–H groups in total. The molecule has 0 aliphatic heterocycles. The topological polar surface area (TPSA) is 52.6 Å². The number of hydrogen-bond donors (Lipinski definition) is 0. The summed E-state index contributed by atoms with van der Waals surface area (Å²) in [6.07, 6.45) is 2.99. The summed E-state index contributed by atoms with van der Waals surface area (Å²) in [6, 6.07) is 7.64. The molecule has 0 unspecified atom stereocenters. The molecule has 0 atom stereocenters. The van der Waals surface area contributed by atoms with Gasteiger partial charge >= 0.3 is 11.9 Å². The predicted molar refractivity (Wildman–Crippen MR) is 71.4 cm³/mol. The second-order valence-electron chi connectivity index (χ2n) is 3.99. The number of rotatable bonds is 7. The van der Waals surface area contributed by atoms with Gasteiger partial charge in [-0.05, 0) is 17.5 Å². The van der Waals surface area contributed by atoms with Gasteiger partial charge in [-0.1, -0.05) is 37.3 Å². The summed E-state index contributed by atoms with van der Waals surface area (Å²) in [5.41, 5.74) is 1.96. The molecular weight excluding hydrogens is 244 g/mol. The van der Waals surface area contributed by atoms with Gasteiger partial charge in [0.15, 0.2) is 0 Å². The summed E-state index contributed by atoms with van der Waals surface area (Å²) < 4.78 is 9.48. The Hall–Kier alpha value is -2.10. The molecule has 0 saturated heterocycles. The van der Waals surface area contributed by atoms with E-state index in [4.69, 9.17) is 4.74 Å². The number of carbonyl (C=O) groups excluding carboxylic acids is 2. The van der Waals surface area contributed by atoms with Crippen LogP contribution in [0.4, 0.5) is 0 Å². The maximum absolute atomic E-state index is 11.5. The summed E-state index contributed by atoms with van der Waals surface area (Å²) in [5.74, 6) is -0.805. The van der Waals surface area contributed by atoms with Gasteiger partial charge in [-0.25, -0.2) is 0 Å². The molecule has 0 bridgehead atoms. The van der Waals surface area contributed by atoms with Crippen LogP contribution in [0.15, 0.2) is 36.9 Å². The van der Waals surface area contributed by atoms with Gasteiger partial charge in [0, 0.05) is 6.42 Å². The number of ether oxygens (including phenoxy) is 2. The van der Waals surface area contributed by atoms with E-state index in [1.807, 2.05) is 30.3 Å². The Kier molecular flexibility index (Phi) is 6.36. The van der Waals surface area contributed by atoms with Gasteiger partial charge < -0.3 is 9.47 Å². The first-order valence-electron chi connectivity index (χ1n) is 6.15. The van der Waals surface area contributed by atoms with Crippen molar-refractivity contribution in [2.75, 3.05) is 6.79 Å². The molecule has 1 rings (SSSR count). The predicted octanol–water partition coefficient (Wildman–Crippen LogP) is 2.41. The average Bonchev–Trinajstić information content (AvgIpc) is 2.39. The molecule has 0 aliphatic carbocycles. The van der Waals surface area contributed by atoms with Crippen molar-refractivity contribution >= 4 is 11.9 Å². The molecule has 0 heterocycles. The Bertz CT molecular complexity index is 451. The molecule has 0 aliphatic rings. The van der Waals surface area contributed by atoms with E-state index in [0.717, 1.165) is 17.5 Å². The van der Waals surface area contributed by atoms with Crippen molar-refractivity contribution in [2.45, 2.75) is 26.2 Å².